The lowest BCUT2D eigenvalue weighted by Crippen LogP contribution is -2.14. The molecular formula is C24H27N9O. The number of aryl methyl sites for hydroxylation is 2. The Labute approximate surface area is 197 Å². The van der Waals surface area contributed by atoms with Gasteiger partial charge in [0.25, 0.3) is 0 Å². The van der Waals surface area contributed by atoms with E-state index in [0.717, 1.165) is 22.6 Å². The van der Waals surface area contributed by atoms with Crippen molar-refractivity contribution < 1.29 is 4.79 Å². The Kier molecular flexibility index (Phi) is 6.67. The van der Waals surface area contributed by atoms with E-state index >= 15 is 0 Å². The average Bonchev–Trinajstić information content (AvgIpc) is 3.21. The van der Waals surface area contributed by atoms with Crippen molar-refractivity contribution in [3.63, 3.8) is 0 Å². The Balaban J connectivity index is 1.38. The Morgan fingerprint density at radius 1 is 0.882 bits per heavy atom. The number of carbonyl (C=O) groups excluding carboxylic acids is 1. The number of hydrogen-bond acceptors (Lipinski definition) is 8. The van der Waals surface area contributed by atoms with Gasteiger partial charge in [-0.05, 0) is 50.2 Å². The maximum absolute atomic E-state index is 12.3. The fourth-order valence-electron chi connectivity index (χ4n) is 3.21. The van der Waals surface area contributed by atoms with Gasteiger partial charge in [0.15, 0.2) is 5.82 Å². The summed E-state index contributed by atoms with van der Waals surface area (Å²) in [5.41, 5.74) is 4.52. The summed E-state index contributed by atoms with van der Waals surface area (Å²) < 4.78 is 0. The minimum Gasteiger partial charge on any atom is -0.378 e. The first kappa shape index (κ1) is 22.7. The van der Waals surface area contributed by atoms with Crippen LogP contribution in [0.25, 0.3) is 0 Å². The summed E-state index contributed by atoms with van der Waals surface area (Å²) in [7, 11) is 3.99. The van der Waals surface area contributed by atoms with Crippen LogP contribution >= 0.6 is 0 Å². The molecule has 34 heavy (non-hydrogen) atoms. The minimum absolute atomic E-state index is 0.137. The third kappa shape index (κ3) is 6.06. The molecule has 10 nitrogen and oxygen atoms in total. The molecule has 0 bridgehead atoms. The van der Waals surface area contributed by atoms with E-state index < -0.39 is 0 Å². The number of nitrogens with one attached hydrogen (secondary N) is 4. The summed E-state index contributed by atoms with van der Waals surface area (Å²) in [5, 5.41) is 16.2. The second-order valence-electron chi connectivity index (χ2n) is 8.09. The highest BCUT2D eigenvalue weighted by molar-refractivity contribution is 5.92. The van der Waals surface area contributed by atoms with Crippen molar-refractivity contribution in [2.24, 2.45) is 0 Å². The number of H-pyrrole nitrogens is 1. The zero-order valence-corrected chi connectivity index (χ0v) is 19.5. The molecule has 4 aromatic rings. The lowest BCUT2D eigenvalue weighted by Gasteiger charge is -2.13. The third-order valence-electron chi connectivity index (χ3n) is 4.94. The standard InChI is InChI=1S/C24H27N9O/c1-15-5-7-17(8-6-15)27-22(34)14-19-13-21(32-31-19)29-24-26-16(2)25-23(30-24)28-18-9-11-20(12-10-18)33(3)4/h5-13H,14H2,1-4H3,(H,27,34)(H3,25,26,28,29,30,31,32). The van der Waals surface area contributed by atoms with E-state index in [0.29, 0.717) is 29.2 Å². The van der Waals surface area contributed by atoms with Gasteiger partial charge in [-0.3, -0.25) is 9.89 Å². The summed E-state index contributed by atoms with van der Waals surface area (Å²) in [5.74, 6) is 1.69. The van der Waals surface area contributed by atoms with Gasteiger partial charge in [-0.2, -0.15) is 20.1 Å². The smallest absolute Gasteiger partial charge is 0.233 e. The molecule has 2 aromatic heterocycles. The van der Waals surface area contributed by atoms with Crippen molar-refractivity contribution in [3.8, 4) is 0 Å². The van der Waals surface area contributed by atoms with Crippen LogP contribution in [0.3, 0.4) is 0 Å². The molecule has 2 aromatic carbocycles. The van der Waals surface area contributed by atoms with E-state index in [1.54, 1.807) is 13.0 Å². The van der Waals surface area contributed by atoms with Gasteiger partial charge in [0.2, 0.25) is 17.8 Å². The van der Waals surface area contributed by atoms with Gasteiger partial charge in [0, 0.05) is 42.9 Å². The molecule has 0 aliphatic carbocycles. The first-order chi connectivity index (χ1) is 16.3. The van der Waals surface area contributed by atoms with Gasteiger partial charge >= 0.3 is 0 Å². The number of hydrogen-bond donors (Lipinski definition) is 4. The summed E-state index contributed by atoms with van der Waals surface area (Å²) in [6.45, 7) is 3.79. The van der Waals surface area contributed by atoms with Crippen molar-refractivity contribution in [1.82, 2.24) is 25.1 Å². The van der Waals surface area contributed by atoms with Gasteiger partial charge in [-0.25, -0.2) is 0 Å². The number of rotatable bonds is 8. The van der Waals surface area contributed by atoms with Crippen molar-refractivity contribution in [3.05, 3.63) is 71.7 Å². The van der Waals surface area contributed by atoms with Crippen molar-refractivity contribution in [2.75, 3.05) is 34.9 Å². The molecule has 0 atom stereocenters. The predicted octanol–water partition coefficient (Wildman–Crippen LogP) is 3.95. The summed E-state index contributed by atoms with van der Waals surface area (Å²) >= 11 is 0. The zero-order chi connectivity index (χ0) is 24.1. The van der Waals surface area contributed by atoms with Gasteiger partial charge in [0.1, 0.15) is 5.82 Å². The van der Waals surface area contributed by atoms with E-state index in [4.69, 9.17) is 0 Å². The second kappa shape index (κ2) is 9.99. The van der Waals surface area contributed by atoms with Crippen molar-refractivity contribution in [2.45, 2.75) is 20.3 Å². The second-order valence-corrected chi connectivity index (χ2v) is 8.09. The monoisotopic (exact) mass is 457 g/mol. The summed E-state index contributed by atoms with van der Waals surface area (Å²) in [6, 6.07) is 17.3. The van der Waals surface area contributed by atoms with E-state index in [-0.39, 0.29) is 12.3 Å². The SMILES string of the molecule is Cc1ccc(NC(=O)Cc2cc(Nc3nc(C)nc(Nc4ccc(N(C)C)cc4)n3)n[nH]2)cc1. The minimum atomic E-state index is -0.137. The highest BCUT2D eigenvalue weighted by atomic mass is 16.1. The van der Waals surface area contributed by atoms with Crippen LogP contribution in [0.5, 0.6) is 0 Å². The fraction of sp³-hybridized carbons (Fsp3) is 0.208. The lowest BCUT2D eigenvalue weighted by molar-refractivity contribution is -0.115. The lowest BCUT2D eigenvalue weighted by atomic mass is 10.2. The summed E-state index contributed by atoms with van der Waals surface area (Å²) in [4.78, 5) is 27.5. The van der Waals surface area contributed by atoms with Crippen LogP contribution in [0.1, 0.15) is 17.1 Å². The van der Waals surface area contributed by atoms with Crippen LogP contribution < -0.4 is 20.9 Å². The molecule has 2 heterocycles. The molecule has 0 saturated carbocycles. The number of amides is 1. The Morgan fingerprint density at radius 2 is 1.53 bits per heavy atom. The van der Waals surface area contributed by atoms with Crippen LogP contribution in [0.2, 0.25) is 0 Å². The molecule has 0 spiro atoms. The van der Waals surface area contributed by atoms with E-state index in [9.17, 15) is 4.79 Å². The molecule has 4 rings (SSSR count). The first-order valence-corrected chi connectivity index (χ1v) is 10.8. The fourth-order valence-corrected chi connectivity index (χ4v) is 3.21. The third-order valence-corrected chi connectivity index (χ3v) is 4.94. The molecule has 1 amide bonds. The first-order valence-electron chi connectivity index (χ1n) is 10.8. The molecule has 0 fully saturated rings. The topological polar surface area (TPSA) is 124 Å². The van der Waals surface area contributed by atoms with E-state index in [2.05, 4.69) is 41.1 Å². The largest absolute Gasteiger partial charge is 0.378 e. The predicted molar refractivity (Wildman–Crippen MR) is 134 cm³/mol. The Bertz CT molecular complexity index is 1260. The maximum atomic E-state index is 12.3. The van der Waals surface area contributed by atoms with Gasteiger partial charge in [-0.1, -0.05) is 17.7 Å². The van der Waals surface area contributed by atoms with E-state index in [1.165, 1.54) is 0 Å². The number of aromatic nitrogens is 5. The zero-order valence-electron chi connectivity index (χ0n) is 19.5. The van der Waals surface area contributed by atoms with Crippen molar-refractivity contribution in [1.29, 1.82) is 0 Å². The molecule has 0 aliphatic heterocycles. The molecule has 0 aliphatic rings. The number of anilines is 6. The van der Waals surface area contributed by atoms with E-state index in [1.807, 2.05) is 74.4 Å². The number of carbonyl (C=O) groups is 1. The number of nitrogens with zero attached hydrogens (tertiary/aromatic N) is 5. The number of benzene rings is 2. The highest BCUT2D eigenvalue weighted by Gasteiger charge is 2.10. The summed E-state index contributed by atoms with van der Waals surface area (Å²) in [6.07, 6.45) is 0.161. The molecule has 10 heteroatoms. The molecule has 174 valence electrons. The van der Waals surface area contributed by atoms with Crippen LogP contribution in [0.4, 0.5) is 34.8 Å². The average molecular weight is 458 g/mol. The Hall–Kier alpha value is -4.47. The quantitative estimate of drug-likeness (QED) is 0.314. The molecule has 0 radical (unpaired) electrons. The van der Waals surface area contributed by atoms with Gasteiger partial charge < -0.3 is 20.9 Å². The maximum Gasteiger partial charge on any atom is 0.233 e. The van der Waals surface area contributed by atoms with Gasteiger partial charge in [-0.15, -0.1) is 0 Å². The van der Waals surface area contributed by atoms with Crippen LogP contribution in [-0.4, -0.2) is 45.2 Å². The van der Waals surface area contributed by atoms with Crippen LogP contribution in [0.15, 0.2) is 54.6 Å². The molecule has 0 saturated heterocycles. The molecular weight excluding hydrogens is 430 g/mol. The molecule has 0 unspecified atom stereocenters. The molecule has 4 N–H and O–H groups in total. The number of aromatic amines is 1. The van der Waals surface area contributed by atoms with Gasteiger partial charge in [0.05, 0.1) is 6.42 Å². The highest BCUT2D eigenvalue weighted by Crippen LogP contribution is 2.20. The van der Waals surface area contributed by atoms with Crippen LogP contribution in [-0.2, 0) is 11.2 Å². The Morgan fingerprint density at radius 3 is 2.21 bits per heavy atom. The van der Waals surface area contributed by atoms with Crippen LogP contribution in [0, 0.1) is 13.8 Å². The normalized spacial score (nSPS) is 10.6. The van der Waals surface area contributed by atoms with Crippen molar-refractivity contribution >= 4 is 40.7 Å².